The molecule has 0 fully saturated rings. The number of carbonyl (C=O) groups excluding carboxylic acids is 2. The molecule has 19 heavy (non-hydrogen) atoms. The van der Waals surface area contributed by atoms with E-state index in [1.54, 1.807) is 13.8 Å². The predicted molar refractivity (Wildman–Crippen MR) is 71.0 cm³/mol. The molecule has 0 aliphatic heterocycles. The van der Waals surface area contributed by atoms with Crippen LogP contribution in [-0.4, -0.2) is 25.2 Å². The summed E-state index contributed by atoms with van der Waals surface area (Å²) in [4.78, 5) is 23.4. The largest absolute Gasteiger partial charge is 0.462 e. The van der Waals surface area contributed by atoms with Crippen LogP contribution in [0.3, 0.4) is 0 Å². The van der Waals surface area contributed by atoms with E-state index in [1.807, 2.05) is 0 Å². The molecular weight excluding hydrogens is 246 g/mol. The van der Waals surface area contributed by atoms with Crippen LogP contribution in [0.25, 0.3) is 0 Å². The van der Waals surface area contributed by atoms with E-state index in [1.165, 1.54) is 12.6 Å². The summed E-state index contributed by atoms with van der Waals surface area (Å²) in [7, 11) is 0. The number of carbonyl (C=O) groups is 2. The van der Waals surface area contributed by atoms with Crippen molar-refractivity contribution in [2.75, 3.05) is 13.2 Å². The van der Waals surface area contributed by atoms with Gasteiger partial charge >= 0.3 is 11.9 Å². The molecule has 0 spiro atoms. The smallest absolute Gasteiger partial charge is 0.347 e. The Morgan fingerprint density at radius 1 is 1.21 bits per heavy atom. The van der Waals surface area contributed by atoms with Gasteiger partial charge in [-0.05, 0) is 39.5 Å². The molecule has 1 aliphatic carbocycles. The topological polar surface area (TPSA) is 64.6 Å². The Hall–Kier alpha value is -1.78. The molecule has 106 valence electrons. The highest BCUT2D eigenvalue weighted by Crippen LogP contribution is 2.15. The minimum absolute atomic E-state index is 0.102. The van der Waals surface area contributed by atoms with Crippen molar-refractivity contribution in [3.8, 4) is 0 Å². The lowest BCUT2D eigenvalue weighted by molar-refractivity contribution is -0.146. The highest BCUT2D eigenvalue weighted by Gasteiger charge is 2.21. The Balaban J connectivity index is 2.73. The van der Waals surface area contributed by atoms with Gasteiger partial charge in [0.1, 0.15) is 0 Å². The van der Waals surface area contributed by atoms with E-state index in [-0.39, 0.29) is 18.8 Å². The summed E-state index contributed by atoms with van der Waals surface area (Å²) < 4.78 is 9.69. The maximum Gasteiger partial charge on any atom is 0.347 e. The van der Waals surface area contributed by atoms with E-state index < -0.39 is 11.9 Å². The van der Waals surface area contributed by atoms with Gasteiger partial charge in [-0.2, -0.15) is 0 Å². The molecule has 0 bridgehead atoms. The van der Waals surface area contributed by atoms with Gasteiger partial charge in [0.05, 0.1) is 13.2 Å². The summed E-state index contributed by atoms with van der Waals surface area (Å²) in [5.41, 5.74) is 0.924. The van der Waals surface area contributed by atoms with E-state index in [2.05, 4.69) is 11.4 Å². The van der Waals surface area contributed by atoms with Gasteiger partial charge in [-0.3, -0.25) is 0 Å². The van der Waals surface area contributed by atoms with E-state index >= 15 is 0 Å². The lowest BCUT2D eigenvalue weighted by Gasteiger charge is -2.13. The molecule has 0 saturated carbocycles. The standard InChI is InChI=1S/C14H21NO4/c1-3-18-13(16)12(14(17)19-4-2)10-15-11-8-6-5-7-9-11/h8,10,15H,3-7,9H2,1-2H3. The van der Waals surface area contributed by atoms with Crippen LogP contribution in [0.1, 0.15) is 39.5 Å². The first kappa shape index (κ1) is 15.3. The van der Waals surface area contributed by atoms with Crippen LogP contribution in [-0.2, 0) is 19.1 Å². The fourth-order valence-corrected chi connectivity index (χ4v) is 1.75. The minimum atomic E-state index is -0.662. The molecule has 0 aromatic rings. The van der Waals surface area contributed by atoms with E-state index in [4.69, 9.17) is 9.47 Å². The van der Waals surface area contributed by atoms with Gasteiger partial charge in [-0.25, -0.2) is 9.59 Å². The van der Waals surface area contributed by atoms with Crippen molar-refractivity contribution in [1.82, 2.24) is 5.32 Å². The van der Waals surface area contributed by atoms with Gasteiger partial charge < -0.3 is 14.8 Å². The lowest BCUT2D eigenvalue weighted by atomic mass is 10.1. The highest BCUT2D eigenvalue weighted by atomic mass is 16.6. The van der Waals surface area contributed by atoms with Crippen LogP contribution in [0.2, 0.25) is 0 Å². The summed E-state index contributed by atoms with van der Waals surface area (Å²) in [5.74, 6) is -1.32. The van der Waals surface area contributed by atoms with E-state index in [9.17, 15) is 9.59 Å². The first-order valence-corrected chi connectivity index (χ1v) is 6.69. The Morgan fingerprint density at radius 3 is 2.32 bits per heavy atom. The second-order valence-corrected chi connectivity index (χ2v) is 4.12. The molecule has 5 heteroatoms. The van der Waals surface area contributed by atoms with Crippen LogP contribution >= 0.6 is 0 Å². The SMILES string of the molecule is CCOC(=O)C(=CNC1=CCCCC1)C(=O)OCC. The van der Waals surface area contributed by atoms with Crippen molar-refractivity contribution in [3.63, 3.8) is 0 Å². The Kier molecular flexibility index (Phi) is 6.71. The van der Waals surface area contributed by atoms with Crippen LogP contribution in [0.4, 0.5) is 0 Å². The Morgan fingerprint density at radius 2 is 1.84 bits per heavy atom. The lowest BCUT2D eigenvalue weighted by Crippen LogP contribution is -2.21. The molecule has 0 aromatic heterocycles. The molecule has 0 aromatic carbocycles. The van der Waals surface area contributed by atoms with Crippen molar-refractivity contribution in [2.45, 2.75) is 39.5 Å². The third kappa shape index (κ3) is 5.16. The monoisotopic (exact) mass is 267 g/mol. The van der Waals surface area contributed by atoms with Crippen LogP contribution in [0.15, 0.2) is 23.5 Å². The van der Waals surface area contributed by atoms with Crippen molar-refractivity contribution in [1.29, 1.82) is 0 Å². The van der Waals surface area contributed by atoms with Gasteiger partial charge in [-0.15, -0.1) is 0 Å². The summed E-state index contributed by atoms with van der Waals surface area (Å²) >= 11 is 0. The second-order valence-electron chi connectivity index (χ2n) is 4.12. The van der Waals surface area contributed by atoms with Gasteiger partial charge in [0, 0.05) is 11.9 Å². The fraction of sp³-hybridized carbons (Fsp3) is 0.571. The summed E-state index contributed by atoms with van der Waals surface area (Å²) in [6, 6.07) is 0. The zero-order valence-corrected chi connectivity index (χ0v) is 11.5. The Labute approximate surface area is 113 Å². The van der Waals surface area contributed by atoms with Crippen LogP contribution in [0.5, 0.6) is 0 Å². The molecule has 0 atom stereocenters. The van der Waals surface area contributed by atoms with Crippen LogP contribution in [0, 0.1) is 0 Å². The fourth-order valence-electron chi connectivity index (χ4n) is 1.75. The average Bonchev–Trinajstić information content (AvgIpc) is 2.41. The third-order valence-corrected chi connectivity index (χ3v) is 2.68. The molecule has 1 aliphatic rings. The van der Waals surface area contributed by atoms with Gasteiger partial charge in [0.2, 0.25) is 0 Å². The molecule has 0 radical (unpaired) electrons. The quantitative estimate of drug-likeness (QED) is 0.345. The summed E-state index contributed by atoms with van der Waals surface area (Å²) in [6.07, 6.45) is 7.69. The maximum atomic E-state index is 11.7. The highest BCUT2D eigenvalue weighted by molar-refractivity contribution is 6.13. The summed E-state index contributed by atoms with van der Waals surface area (Å²) in [6.45, 7) is 3.83. The maximum absolute atomic E-state index is 11.7. The molecule has 1 rings (SSSR count). The normalized spacial score (nSPS) is 14.1. The van der Waals surface area contributed by atoms with Gasteiger partial charge in [0.15, 0.2) is 5.57 Å². The number of hydrogen-bond donors (Lipinski definition) is 1. The molecule has 1 N–H and O–H groups in total. The first-order chi connectivity index (χ1) is 9.19. The number of nitrogens with one attached hydrogen (secondary N) is 1. The van der Waals surface area contributed by atoms with E-state index in [0.717, 1.165) is 25.0 Å². The van der Waals surface area contributed by atoms with Crippen molar-refractivity contribution in [2.24, 2.45) is 0 Å². The zero-order valence-electron chi connectivity index (χ0n) is 11.5. The predicted octanol–water partition coefficient (Wildman–Crippen LogP) is 2.04. The number of esters is 2. The van der Waals surface area contributed by atoms with Crippen molar-refractivity contribution < 1.29 is 19.1 Å². The molecule has 0 heterocycles. The summed E-state index contributed by atoms with van der Waals surface area (Å²) in [5, 5.41) is 3.00. The number of rotatable bonds is 6. The van der Waals surface area contributed by atoms with Gasteiger partial charge in [-0.1, -0.05) is 6.08 Å². The molecule has 0 saturated heterocycles. The average molecular weight is 267 g/mol. The second kappa shape index (κ2) is 8.34. The number of allylic oxidation sites excluding steroid dienone is 2. The van der Waals surface area contributed by atoms with Crippen molar-refractivity contribution in [3.05, 3.63) is 23.5 Å². The van der Waals surface area contributed by atoms with E-state index in [0.29, 0.717) is 0 Å². The van der Waals surface area contributed by atoms with Crippen LogP contribution < -0.4 is 5.32 Å². The molecule has 0 amide bonds. The molecular formula is C14H21NO4. The molecule has 5 nitrogen and oxygen atoms in total. The molecule has 0 unspecified atom stereocenters. The number of hydrogen-bond acceptors (Lipinski definition) is 5. The third-order valence-electron chi connectivity index (χ3n) is 2.68. The first-order valence-electron chi connectivity index (χ1n) is 6.69. The Bertz CT molecular complexity index is 365. The minimum Gasteiger partial charge on any atom is -0.462 e. The van der Waals surface area contributed by atoms with Crippen molar-refractivity contribution >= 4 is 11.9 Å². The van der Waals surface area contributed by atoms with Gasteiger partial charge in [0.25, 0.3) is 0 Å². The zero-order chi connectivity index (χ0) is 14.1. The number of ether oxygens (including phenoxy) is 2.